The molecule has 10 nitrogen and oxygen atoms in total. The molecule has 1 saturated carbocycles. The molecule has 1 heterocycles. The van der Waals surface area contributed by atoms with Gasteiger partial charge in [0.05, 0.1) is 32.8 Å². The first kappa shape index (κ1) is 43.4. The van der Waals surface area contributed by atoms with Gasteiger partial charge >= 0.3 is 12.1 Å². The molecule has 1 aliphatic carbocycles. The number of amides is 2. The van der Waals surface area contributed by atoms with Gasteiger partial charge in [-0.3, -0.25) is 9.59 Å². The van der Waals surface area contributed by atoms with Crippen molar-refractivity contribution in [3.8, 4) is 11.5 Å². The molecule has 0 bridgehead atoms. The minimum absolute atomic E-state index is 0.00805. The van der Waals surface area contributed by atoms with E-state index in [0.717, 1.165) is 78.6 Å². The highest BCUT2D eigenvalue weighted by Gasteiger charge is 2.37. The van der Waals surface area contributed by atoms with E-state index < -0.39 is 12.1 Å². The summed E-state index contributed by atoms with van der Waals surface area (Å²) in [5.74, 6) is 1.80. The molecule has 2 amide bonds. The maximum Gasteiger partial charge on any atom is 0.407 e. The number of carbonyl (C=O) groups is 3. The fourth-order valence-corrected chi connectivity index (χ4v) is 8.96. The third-order valence-electron chi connectivity index (χ3n) is 11.6. The van der Waals surface area contributed by atoms with Crippen LogP contribution < -0.4 is 25.0 Å². The molecule has 4 aromatic carbocycles. The van der Waals surface area contributed by atoms with E-state index in [-0.39, 0.29) is 42.8 Å². The molecule has 6 rings (SSSR count). The molecular weight excluding hydrogens is 766 g/mol. The zero-order valence-electron chi connectivity index (χ0n) is 34.9. The summed E-state index contributed by atoms with van der Waals surface area (Å²) in [7, 11) is 5.00. The summed E-state index contributed by atoms with van der Waals surface area (Å²) in [5.41, 5.74) is 6.82. The standard InChI is InChI=1S/C48H58ClN3O7/c1-31(2)59-44-29-41-37(26-43(44)56-4)27-45(53)52(47(41)35-16-18-38(49)19-17-35)39-20-21-42(50-3)40(28-39)36-15-9-13-33(24-36)23-34(25-46(54)57-5)14-10-22-51-48(55)58-30-32-11-7-6-8-12-32/h6-8,11-12,16-21,26,28-29,31,33-34,36,47,50H,9-10,13-15,22-25,27,30H2,1-5H3,(H,51,55)/t33-,34?,36?,47?/m0/s1. The molecule has 314 valence electrons. The molecule has 59 heavy (non-hydrogen) atoms. The molecule has 4 atom stereocenters. The van der Waals surface area contributed by atoms with Crippen LogP contribution >= 0.6 is 11.6 Å². The van der Waals surface area contributed by atoms with Crippen LogP contribution in [0.5, 0.6) is 11.5 Å². The molecule has 1 aliphatic heterocycles. The smallest absolute Gasteiger partial charge is 0.407 e. The van der Waals surface area contributed by atoms with Crippen molar-refractivity contribution in [3.63, 3.8) is 0 Å². The third-order valence-corrected chi connectivity index (χ3v) is 11.8. The first-order valence-electron chi connectivity index (χ1n) is 20.8. The lowest BCUT2D eigenvalue weighted by Gasteiger charge is -2.39. The number of methoxy groups -OCH3 is 2. The summed E-state index contributed by atoms with van der Waals surface area (Å²) in [6.45, 7) is 4.65. The lowest BCUT2D eigenvalue weighted by atomic mass is 9.73. The Bertz CT molecular complexity index is 2040. The Balaban J connectivity index is 1.20. The number of fused-ring (bicyclic) bond motifs is 1. The fourth-order valence-electron chi connectivity index (χ4n) is 8.83. The number of anilines is 2. The van der Waals surface area contributed by atoms with Gasteiger partial charge in [-0.15, -0.1) is 0 Å². The Morgan fingerprint density at radius 2 is 1.71 bits per heavy atom. The van der Waals surface area contributed by atoms with Gasteiger partial charge in [-0.25, -0.2) is 4.79 Å². The van der Waals surface area contributed by atoms with Crippen LogP contribution in [0, 0.1) is 11.8 Å². The molecule has 11 heteroatoms. The molecule has 2 aliphatic rings. The van der Waals surface area contributed by atoms with E-state index in [1.807, 2.05) is 98.6 Å². The number of halogens is 1. The summed E-state index contributed by atoms with van der Waals surface area (Å²) in [6, 6.07) is 27.2. The second-order valence-electron chi connectivity index (χ2n) is 16.0. The average molecular weight is 824 g/mol. The number of benzene rings is 4. The van der Waals surface area contributed by atoms with E-state index in [0.29, 0.717) is 35.4 Å². The number of hydrogen-bond acceptors (Lipinski definition) is 8. The minimum Gasteiger partial charge on any atom is -0.493 e. The molecule has 1 fully saturated rings. The van der Waals surface area contributed by atoms with Gasteiger partial charge in [-0.05, 0) is 134 Å². The predicted octanol–water partition coefficient (Wildman–Crippen LogP) is 10.4. The number of esters is 1. The summed E-state index contributed by atoms with van der Waals surface area (Å²) >= 11 is 6.38. The first-order valence-corrected chi connectivity index (χ1v) is 21.2. The number of alkyl carbamates (subject to hydrolysis) is 1. The molecule has 4 aromatic rings. The Morgan fingerprint density at radius 1 is 0.932 bits per heavy atom. The van der Waals surface area contributed by atoms with Crippen molar-refractivity contribution < 1.29 is 33.3 Å². The quantitative estimate of drug-likeness (QED) is 0.0799. The van der Waals surface area contributed by atoms with Crippen molar-refractivity contribution in [1.82, 2.24) is 5.32 Å². The van der Waals surface area contributed by atoms with Crippen LogP contribution in [0.3, 0.4) is 0 Å². The summed E-state index contributed by atoms with van der Waals surface area (Å²) in [5, 5.41) is 6.92. The maximum atomic E-state index is 14.4. The van der Waals surface area contributed by atoms with Crippen LogP contribution in [-0.4, -0.2) is 51.9 Å². The number of nitrogens with one attached hydrogen (secondary N) is 2. The summed E-state index contributed by atoms with van der Waals surface area (Å²) in [6.07, 6.45) is 6.58. The SMILES string of the molecule is CNc1ccc(N2C(=O)Cc3cc(OC)c(OC(C)C)cc3C2c2ccc(Cl)cc2)cc1C1CCC[C@@H](CC(CCCNC(=O)OCc2ccccc2)CC(=O)OC)C1. The van der Waals surface area contributed by atoms with Crippen LogP contribution in [0.25, 0.3) is 0 Å². The number of rotatable bonds is 17. The Kier molecular flexibility index (Phi) is 15.2. The Morgan fingerprint density at radius 3 is 2.42 bits per heavy atom. The zero-order chi connectivity index (χ0) is 41.9. The third kappa shape index (κ3) is 11.3. The van der Waals surface area contributed by atoms with Gasteiger partial charge in [0.25, 0.3) is 0 Å². The van der Waals surface area contributed by atoms with E-state index in [1.54, 1.807) is 7.11 Å². The molecule has 0 saturated heterocycles. The average Bonchev–Trinajstić information content (AvgIpc) is 3.24. The van der Waals surface area contributed by atoms with Gasteiger partial charge in [0.15, 0.2) is 11.5 Å². The molecule has 3 unspecified atom stereocenters. The normalized spacial score (nSPS) is 18.1. The zero-order valence-corrected chi connectivity index (χ0v) is 35.7. The van der Waals surface area contributed by atoms with E-state index in [2.05, 4.69) is 22.8 Å². The van der Waals surface area contributed by atoms with Crippen LogP contribution in [-0.2, 0) is 32.1 Å². The number of ether oxygens (including phenoxy) is 4. The molecular formula is C48H58ClN3O7. The van der Waals surface area contributed by atoms with E-state index >= 15 is 0 Å². The van der Waals surface area contributed by atoms with Crippen molar-refractivity contribution in [2.45, 2.75) is 96.3 Å². The van der Waals surface area contributed by atoms with Gasteiger partial charge in [-0.1, -0.05) is 66.9 Å². The predicted molar refractivity (Wildman–Crippen MR) is 233 cm³/mol. The number of carbonyl (C=O) groups excluding carboxylic acids is 3. The maximum absolute atomic E-state index is 14.4. The Labute approximate surface area is 353 Å². The highest BCUT2D eigenvalue weighted by atomic mass is 35.5. The van der Waals surface area contributed by atoms with Crippen molar-refractivity contribution >= 4 is 40.9 Å². The largest absolute Gasteiger partial charge is 0.493 e. The first-order chi connectivity index (χ1) is 28.6. The van der Waals surface area contributed by atoms with Gasteiger partial charge in [0, 0.05) is 36.4 Å². The van der Waals surface area contributed by atoms with Gasteiger partial charge < -0.3 is 34.5 Å². The lowest BCUT2D eigenvalue weighted by Crippen LogP contribution is -2.41. The van der Waals surface area contributed by atoms with Crippen molar-refractivity contribution in [2.75, 3.05) is 38.0 Å². The van der Waals surface area contributed by atoms with E-state index in [9.17, 15) is 14.4 Å². The highest BCUT2D eigenvalue weighted by Crippen LogP contribution is 2.47. The van der Waals surface area contributed by atoms with E-state index in [1.165, 1.54) is 12.7 Å². The monoisotopic (exact) mass is 823 g/mol. The topological polar surface area (TPSA) is 115 Å². The minimum atomic E-state index is -0.448. The fraction of sp³-hybridized carbons (Fsp3) is 0.438. The van der Waals surface area contributed by atoms with Crippen molar-refractivity contribution in [3.05, 3.63) is 118 Å². The van der Waals surface area contributed by atoms with Crippen LogP contribution in [0.2, 0.25) is 5.02 Å². The lowest BCUT2D eigenvalue weighted by molar-refractivity contribution is -0.142. The molecule has 0 radical (unpaired) electrons. The second-order valence-corrected chi connectivity index (χ2v) is 16.5. The molecule has 0 aromatic heterocycles. The number of nitrogens with zero attached hydrogens (tertiary/aromatic N) is 1. The van der Waals surface area contributed by atoms with Crippen LogP contribution in [0.4, 0.5) is 16.2 Å². The second kappa shape index (κ2) is 20.7. The van der Waals surface area contributed by atoms with Crippen LogP contribution in [0.15, 0.2) is 84.9 Å². The summed E-state index contributed by atoms with van der Waals surface area (Å²) < 4.78 is 22.4. The van der Waals surface area contributed by atoms with Crippen molar-refractivity contribution in [2.24, 2.45) is 11.8 Å². The van der Waals surface area contributed by atoms with Crippen LogP contribution in [0.1, 0.15) is 105 Å². The van der Waals surface area contributed by atoms with Gasteiger partial charge in [0.1, 0.15) is 6.61 Å². The summed E-state index contributed by atoms with van der Waals surface area (Å²) in [4.78, 5) is 41.2. The molecule has 0 spiro atoms. The van der Waals surface area contributed by atoms with E-state index in [4.69, 9.17) is 30.5 Å². The molecule has 2 N–H and O–H groups in total. The highest BCUT2D eigenvalue weighted by molar-refractivity contribution is 6.30. The number of hydrogen-bond donors (Lipinski definition) is 2. The van der Waals surface area contributed by atoms with Gasteiger partial charge in [-0.2, -0.15) is 0 Å². The van der Waals surface area contributed by atoms with Gasteiger partial charge in [0.2, 0.25) is 5.91 Å². The Hall–Kier alpha value is -5.22. The van der Waals surface area contributed by atoms with Crippen molar-refractivity contribution in [1.29, 1.82) is 0 Å².